The Bertz CT molecular complexity index is 587. The van der Waals surface area contributed by atoms with Gasteiger partial charge in [0.15, 0.2) is 0 Å². The third-order valence-corrected chi connectivity index (χ3v) is 4.14. The van der Waals surface area contributed by atoms with E-state index in [4.69, 9.17) is 0 Å². The van der Waals surface area contributed by atoms with Gasteiger partial charge in [-0.1, -0.05) is 33.8 Å². The monoisotopic (exact) mass is 337 g/mol. The third kappa shape index (κ3) is 3.70. The van der Waals surface area contributed by atoms with Crippen molar-refractivity contribution >= 4 is 33.5 Å². The second-order valence-electron chi connectivity index (χ2n) is 4.14. The summed E-state index contributed by atoms with van der Waals surface area (Å²) in [5, 5.41) is 4.28. The number of benzene rings is 1. The van der Waals surface area contributed by atoms with Crippen molar-refractivity contribution in [2.24, 2.45) is 0 Å². The fourth-order valence-corrected chi connectivity index (χ4v) is 3.22. The average molecular weight is 338 g/mol. The molecule has 5 heteroatoms. The van der Waals surface area contributed by atoms with Gasteiger partial charge in [0.1, 0.15) is 16.7 Å². The van der Waals surface area contributed by atoms with E-state index in [2.05, 4.69) is 57.2 Å². The maximum atomic E-state index is 4.54. The van der Waals surface area contributed by atoms with Crippen molar-refractivity contribution in [1.29, 1.82) is 0 Å². The van der Waals surface area contributed by atoms with E-state index in [9.17, 15) is 0 Å². The molecule has 1 N–H and O–H groups in total. The van der Waals surface area contributed by atoms with Crippen LogP contribution in [0.4, 0.5) is 5.82 Å². The Hall–Kier alpha value is -1.07. The Morgan fingerprint density at radius 3 is 2.74 bits per heavy atom. The number of aromatic nitrogens is 2. The van der Waals surface area contributed by atoms with Crippen molar-refractivity contribution in [1.82, 2.24) is 9.97 Å². The minimum Gasteiger partial charge on any atom is -0.370 e. The SMILES string of the molecule is CCNc1nc(C)nc(Sc2cccc(Br)c2)c1C. The molecule has 0 radical (unpaired) electrons. The van der Waals surface area contributed by atoms with E-state index in [0.29, 0.717) is 0 Å². The molecule has 0 aliphatic heterocycles. The van der Waals surface area contributed by atoms with Gasteiger partial charge >= 0.3 is 0 Å². The first-order valence-corrected chi connectivity index (χ1v) is 7.73. The molecule has 1 aromatic heterocycles. The summed E-state index contributed by atoms with van der Waals surface area (Å²) in [6.07, 6.45) is 0. The van der Waals surface area contributed by atoms with Gasteiger partial charge in [0.05, 0.1) is 0 Å². The van der Waals surface area contributed by atoms with E-state index >= 15 is 0 Å². The summed E-state index contributed by atoms with van der Waals surface area (Å²) in [5.41, 5.74) is 1.09. The van der Waals surface area contributed by atoms with Crippen LogP contribution in [0.25, 0.3) is 0 Å². The topological polar surface area (TPSA) is 37.8 Å². The largest absolute Gasteiger partial charge is 0.370 e. The van der Waals surface area contributed by atoms with Crippen LogP contribution in [0.2, 0.25) is 0 Å². The van der Waals surface area contributed by atoms with Gasteiger partial charge in [-0.2, -0.15) is 0 Å². The molecule has 3 nitrogen and oxygen atoms in total. The lowest BCUT2D eigenvalue weighted by Gasteiger charge is -2.11. The summed E-state index contributed by atoms with van der Waals surface area (Å²) in [6, 6.07) is 8.22. The zero-order valence-electron chi connectivity index (χ0n) is 11.2. The van der Waals surface area contributed by atoms with Crippen LogP contribution in [0.1, 0.15) is 18.3 Å². The van der Waals surface area contributed by atoms with E-state index in [1.807, 2.05) is 19.1 Å². The van der Waals surface area contributed by atoms with Crippen LogP contribution in [0.15, 0.2) is 38.7 Å². The van der Waals surface area contributed by atoms with Crippen LogP contribution in [0, 0.1) is 13.8 Å². The first-order valence-electron chi connectivity index (χ1n) is 6.12. The zero-order valence-corrected chi connectivity index (χ0v) is 13.6. The molecule has 0 saturated heterocycles. The highest BCUT2D eigenvalue weighted by molar-refractivity contribution is 9.10. The Labute approximate surface area is 126 Å². The van der Waals surface area contributed by atoms with Crippen molar-refractivity contribution in [2.45, 2.75) is 30.7 Å². The van der Waals surface area contributed by atoms with Crippen molar-refractivity contribution in [3.05, 3.63) is 40.1 Å². The molecule has 0 atom stereocenters. The summed E-state index contributed by atoms with van der Waals surface area (Å²) < 4.78 is 1.08. The van der Waals surface area contributed by atoms with Gasteiger partial charge in [-0.05, 0) is 39.0 Å². The second kappa shape index (κ2) is 6.39. The molecular weight excluding hydrogens is 322 g/mol. The van der Waals surface area contributed by atoms with Gasteiger partial charge in [0.2, 0.25) is 0 Å². The van der Waals surface area contributed by atoms with Crippen LogP contribution in [0.3, 0.4) is 0 Å². The van der Waals surface area contributed by atoms with E-state index in [1.54, 1.807) is 11.8 Å². The number of anilines is 1. The predicted octanol–water partition coefficient (Wildman–Crippen LogP) is 4.44. The fourth-order valence-electron chi connectivity index (χ4n) is 1.68. The summed E-state index contributed by atoms with van der Waals surface area (Å²) in [7, 11) is 0. The van der Waals surface area contributed by atoms with E-state index in [1.165, 1.54) is 0 Å². The number of halogens is 1. The maximum Gasteiger partial charge on any atom is 0.133 e. The fraction of sp³-hybridized carbons (Fsp3) is 0.286. The molecule has 0 aliphatic carbocycles. The van der Waals surface area contributed by atoms with Crippen LogP contribution in [-0.4, -0.2) is 16.5 Å². The average Bonchev–Trinajstić information content (AvgIpc) is 2.35. The number of nitrogens with zero attached hydrogens (tertiary/aromatic N) is 2. The Balaban J connectivity index is 2.34. The molecule has 2 aromatic rings. The van der Waals surface area contributed by atoms with Gasteiger partial charge in [0.25, 0.3) is 0 Å². The van der Waals surface area contributed by atoms with Crippen LogP contribution < -0.4 is 5.32 Å². The molecule has 0 saturated carbocycles. The molecule has 2 rings (SSSR count). The quantitative estimate of drug-likeness (QED) is 0.837. The molecular formula is C14H16BrN3S. The predicted molar refractivity (Wildman–Crippen MR) is 83.9 cm³/mol. The number of nitrogens with one attached hydrogen (secondary N) is 1. The van der Waals surface area contributed by atoms with Gasteiger partial charge in [-0.15, -0.1) is 0 Å². The van der Waals surface area contributed by atoms with Crippen LogP contribution in [-0.2, 0) is 0 Å². The summed E-state index contributed by atoms with van der Waals surface area (Å²) in [6.45, 7) is 6.90. The van der Waals surface area contributed by atoms with Gasteiger partial charge < -0.3 is 5.32 Å². The molecule has 1 aromatic carbocycles. The third-order valence-electron chi connectivity index (χ3n) is 2.57. The lowest BCUT2D eigenvalue weighted by atomic mass is 10.3. The highest BCUT2D eigenvalue weighted by atomic mass is 79.9. The van der Waals surface area contributed by atoms with Crippen LogP contribution >= 0.6 is 27.7 Å². The maximum absolute atomic E-state index is 4.54. The molecule has 0 fully saturated rings. The van der Waals surface area contributed by atoms with Crippen molar-refractivity contribution < 1.29 is 0 Å². The molecule has 0 amide bonds. The van der Waals surface area contributed by atoms with E-state index < -0.39 is 0 Å². The number of hydrogen-bond acceptors (Lipinski definition) is 4. The molecule has 100 valence electrons. The lowest BCUT2D eigenvalue weighted by molar-refractivity contribution is 0.932. The molecule has 0 unspecified atom stereocenters. The first kappa shape index (κ1) is 14.3. The number of aryl methyl sites for hydroxylation is 1. The highest BCUT2D eigenvalue weighted by Crippen LogP contribution is 2.32. The zero-order chi connectivity index (χ0) is 13.8. The molecule has 0 aliphatic rings. The number of rotatable bonds is 4. The molecule has 19 heavy (non-hydrogen) atoms. The Morgan fingerprint density at radius 2 is 2.05 bits per heavy atom. The summed E-state index contributed by atoms with van der Waals surface area (Å²) in [4.78, 5) is 10.1. The van der Waals surface area contributed by atoms with E-state index in [0.717, 1.165) is 38.1 Å². The van der Waals surface area contributed by atoms with E-state index in [-0.39, 0.29) is 0 Å². The Kier molecular flexibility index (Phi) is 4.82. The lowest BCUT2D eigenvalue weighted by Crippen LogP contribution is -2.05. The smallest absolute Gasteiger partial charge is 0.133 e. The van der Waals surface area contributed by atoms with Gasteiger partial charge in [0, 0.05) is 21.5 Å². The minimum absolute atomic E-state index is 0.791. The molecule has 0 bridgehead atoms. The standard InChI is InChI=1S/C14H16BrN3S/c1-4-16-13-9(2)14(18-10(3)17-13)19-12-7-5-6-11(15)8-12/h5-8H,4H2,1-3H3,(H,16,17,18). The van der Waals surface area contributed by atoms with Gasteiger partial charge in [-0.3, -0.25) is 0 Å². The van der Waals surface area contributed by atoms with Crippen molar-refractivity contribution in [2.75, 3.05) is 11.9 Å². The molecule has 1 heterocycles. The van der Waals surface area contributed by atoms with Crippen molar-refractivity contribution in [3.8, 4) is 0 Å². The molecule has 0 spiro atoms. The second-order valence-corrected chi connectivity index (χ2v) is 6.12. The number of hydrogen-bond donors (Lipinski definition) is 1. The van der Waals surface area contributed by atoms with Gasteiger partial charge in [-0.25, -0.2) is 9.97 Å². The first-order chi connectivity index (χ1) is 9.10. The summed E-state index contributed by atoms with van der Waals surface area (Å²) in [5.74, 6) is 1.71. The Morgan fingerprint density at radius 1 is 1.26 bits per heavy atom. The van der Waals surface area contributed by atoms with Crippen molar-refractivity contribution in [3.63, 3.8) is 0 Å². The summed E-state index contributed by atoms with van der Waals surface area (Å²) >= 11 is 5.15. The minimum atomic E-state index is 0.791. The normalized spacial score (nSPS) is 10.5. The van der Waals surface area contributed by atoms with Crippen LogP contribution in [0.5, 0.6) is 0 Å². The highest BCUT2D eigenvalue weighted by Gasteiger charge is 2.10.